The Balaban J connectivity index is 2.86. The van der Waals surface area contributed by atoms with E-state index in [0.717, 1.165) is 10.2 Å². The number of rotatable bonds is 0. The maximum atomic E-state index is 5.50. The van der Waals surface area contributed by atoms with Crippen LogP contribution in [0.3, 0.4) is 0 Å². The largest absolute Gasteiger partial charge is 0.244 e. The fraction of sp³-hybridized carbons (Fsp3) is 0. The number of hydrogen-bond acceptors (Lipinski definition) is 3. The van der Waals surface area contributed by atoms with Crippen LogP contribution < -0.4 is 5.46 Å². The molecule has 2 nitrogen and oxygen atoms in total. The zero-order valence-corrected chi connectivity index (χ0v) is 5.93. The van der Waals surface area contributed by atoms with Crippen LogP contribution in [0.4, 0.5) is 0 Å². The van der Waals surface area contributed by atoms with Crippen molar-refractivity contribution in [3.63, 3.8) is 0 Å². The molecule has 0 fully saturated rings. The van der Waals surface area contributed by atoms with Crippen LogP contribution in [-0.4, -0.2) is 17.2 Å². The lowest BCUT2D eigenvalue weighted by Crippen LogP contribution is -2.00. The predicted molar refractivity (Wildman–Crippen MR) is 42.8 cm³/mol. The molecule has 0 saturated heterocycles. The number of pyridine rings is 1. The molecule has 2 radical (unpaired) electrons. The molecule has 0 amide bonds. The van der Waals surface area contributed by atoms with Crippen LogP contribution in [0.5, 0.6) is 0 Å². The molecule has 10 heavy (non-hydrogen) atoms. The Bertz CT molecular complexity index is 357. The summed E-state index contributed by atoms with van der Waals surface area (Å²) in [6.45, 7) is 0. The lowest BCUT2D eigenvalue weighted by Gasteiger charge is -1.88. The summed E-state index contributed by atoms with van der Waals surface area (Å²) in [7, 11) is 5.50. The van der Waals surface area contributed by atoms with Gasteiger partial charge in [-0.15, -0.1) is 0 Å². The van der Waals surface area contributed by atoms with Gasteiger partial charge in [0.05, 0.1) is 6.20 Å². The first-order valence-corrected chi connectivity index (χ1v) is 3.59. The van der Waals surface area contributed by atoms with E-state index in [2.05, 4.69) is 9.36 Å². The molecule has 46 valence electrons. The molecule has 0 aliphatic heterocycles. The number of nitrogens with zero attached hydrogens (tertiary/aromatic N) is 2. The van der Waals surface area contributed by atoms with Crippen molar-refractivity contribution < 1.29 is 0 Å². The van der Waals surface area contributed by atoms with Gasteiger partial charge in [0.1, 0.15) is 12.7 Å². The molecule has 2 aromatic heterocycles. The van der Waals surface area contributed by atoms with Gasteiger partial charge in [0.15, 0.2) is 0 Å². The predicted octanol–water partition coefficient (Wildman–Crippen LogP) is 0.485. The second-order valence-corrected chi connectivity index (χ2v) is 2.77. The van der Waals surface area contributed by atoms with Crippen LogP contribution in [0.15, 0.2) is 18.5 Å². The van der Waals surface area contributed by atoms with Gasteiger partial charge in [-0.05, 0) is 11.5 Å². The topological polar surface area (TPSA) is 25.8 Å². The summed E-state index contributed by atoms with van der Waals surface area (Å²) in [6.07, 6.45) is 3.41. The molecular weight excluding hydrogens is 143 g/mol. The van der Waals surface area contributed by atoms with Crippen molar-refractivity contribution in [3.8, 4) is 0 Å². The minimum atomic E-state index is 0.688. The van der Waals surface area contributed by atoms with Crippen molar-refractivity contribution in [3.05, 3.63) is 18.5 Å². The summed E-state index contributed by atoms with van der Waals surface area (Å²) in [5.41, 5.74) is 0.688. The molecule has 2 heterocycles. The van der Waals surface area contributed by atoms with E-state index < -0.39 is 0 Å². The van der Waals surface area contributed by atoms with Gasteiger partial charge in [0.2, 0.25) is 0 Å². The third kappa shape index (κ3) is 0.808. The van der Waals surface area contributed by atoms with E-state index in [1.54, 1.807) is 12.4 Å². The molecule has 0 N–H and O–H groups in total. The summed E-state index contributed by atoms with van der Waals surface area (Å²) >= 11 is 1.38. The van der Waals surface area contributed by atoms with Crippen molar-refractivity contribution >= 4 is 35.1 Å². The van der Waals surface area contributed by atoms with E-state index in [9.17, 15) is 0 Å². The van der Waals surface area contributed by atoms with Gasteiger partial charge in [-0.1, -0.05) is 11.5 Å². The van der Waals surface area contributed by atoms with Gasteiger partial charge in [0.25, 0.3) is 0 Å². The average Bonchev–Trinajstić information content (AvgIpc) is 2.33. The summed E-state index contributed by atoms with van der Waals surface area (Å²) in [5.74, 6) is 0. The van der Waals surface area contributed by atoms with Crippen molar-refractivity contribution in [1.29, 1.82) is 0 Å². The lowest BCUT2D eigenvalue weighted by molar-refractivity contribution is 1.47. The third-order valence-corrected chi connectivity index (χ3v) is 1.96. The number of hydrogen-bond donors (Lipinski definition) is 0. The summed E-state index contributed by atoms with van der Waals surface area (Å²) < 4.78 is 3.97. The molecule has 0 atom stereocenters. The fourth-order valence-corrected chi connectivity index (χ4v) is 1.37. The molecule has 2 rings (SSSR count). The minimum Gasteiger partial charge on any atom is -0.244 e. The second-order valence-electron chi connectivity index (χ2n) is 1.99. The zero-order valence-electron chi connectivity index (χ0n) is 5.11. The molecule has 0 spiro atoms. The average molecular weight is 146 g/mol. The second kappa shape index (κ2) is 2.06. The molecule has 0 saturated carbocycles. The van der Waals surface area contributed by atoms with Gasteiger partial charge < -0.3 is 0 Å². The first-order valence-electron chi connectivity index (χ1n) is 2.82. The maximum Gasteiger partial charge on any atom is 0.143 e. The molecule has 2 aromatic rings. The Labute approximate surface area is 63.5 Å². The molecule has 0 aliphatic rings. The van der Waals surface area contributed by atoms with E-state index in [4.69, 9.17) is 7.85 Å². The zero-order chi connectivity index (χ0) is 6.97. The van der Waals surface area contributed by atoms with Crippen LogP contribution in [0.1, 0.15) is 0 Å². The Morgan fingerprint density at radius 3 is 3.20 bits per heavy atom. The monoisotopic (exact) mass is 146 g/mol. The van der Waals surface area contributed by atoms with Gasteiger partial charge in [0, 0.05) is 11.6 Å². The van der Waals surface area contributed by atoms with E-state index in [-0.39, 0.29) is 0 Å². The molecule has 0 aliphatic carbocycles. The molecule has 0 unspecified atom stereocenters. The first-order chi connectivity index (χ1) is 4.86. The van der Waals surface area contributed by atoms with Crippen LogP contribution in [0.25, 0.3) is 10.2 Å². The Kier molecular flexibility index (Phi) is 1.20. The van der Waals surface area contributed by atoms with E-state index in [1.807, 2.05) is 6.07 Å². The first kappa shape index (κ1) is 5.86. The highest BCUT2D eigenvalue weighted by atomic mass is 32.1. The highest BCUT2D eigenvalue weighted by Crippen LogP contribution is 2.11. The van der Waals surface area contributed by atoms with Crippen molar-refractivity contribution in [2.24, 2.45) is 0 Å². The normalized spacial score (nSPS) is 10.4. The SMILES string of the molecule is [B]c1cnc2sncc2c1. The van der Waals surface area contributed by atoms with E-state index >= 15 is 0 Å². The quantitative estimate of drug-likeness (QED) is 0.505. The highest BCUT2D eigenvalue weighted by Gasteiger charge is 1.94. The van der Waals surface area contributed by atoms with E-state index in [1.165, 1.54) is 11.5 Å². The van der Waals surface area contributed by atoms with Crippen LogP contribution >= 0.6 is 11.5 Å². The minimum absolute atomic E-state index is 0.688. The summed E-state index contributed by atoms with van der Waals surface area (Å²) in [5, 5.41) is 1.02. The van der Waals surface area contributed by atoms with Crippen molar-refractivity contribution in [2.75, 3.05) is 0 Å². The van der Waals surface area contributed by atoms with Crippen LogP contribution in [0.2, 0.25) is 0 Å². The van der Waals surface area contributed by atoms with Gasteiger partial charge >= 0.3 is 0 Å². The van der Waals surface area contributed by atoms with Crippen LogP contribution in [0, 0.1) is 0 Å². The van der Waals surface area contributed by atoms with Gasteiger partial charge in [-0.3, -0.25) is 0 Å². The number of aromatic nitrogens is 2. The Morgan fingerprint density at radius 1 is 1.40 bits per heavy atom. The Morgan fingerprint density at radius 2 is 2.30 bits per heavy atom. The molecular formula is C6H3BN2S. The molecule has 0 aromatic carbocycles. The lowest BCUT2D eigenvalue weighted by atomic mass is 9.98. The molecule has 4 heteroatoms. The molecule has 0 bridgehead atoms. The smallest absolute Gasteiger partial charge is 0.143 e. The Hall–Kier alpha value is -0.895. The third-order valence-electron chi connectivity index (χ3n) is 1.23. The summed E-state index contributed by atoms with van der Waals surface area (Å²) in [6, 6.07) is 1.87. The fourth-order valence-electron chi connectivity index (χ4n) is 0.788. The summed E-state index contributed by atoms with van der Waals surface area (Å²) in [4.78, 5) is 5.01. The standard InChI is InChI=1S/C6H3BN2S/c7-5-1-4-2-9-10-6(4)8-3-5/h1-3H. The maximum absolute atomic E-state index is 5.50. The van der Waals surface area contributed by atoms with Gasteiger partial charge in [-0.2, -0.15) is 4.37 Å². The highest BCUT2D eigenvalue weighted by molar-refractivity contribution is 7.12. The van der Waals surface area contributed by atoms with Crippen molar-refractivity contribution in [2.45, 2.75) is 0 Å². The van der Waals surface area contributed by atoms with Crippen LogP contribution in [-0.2, 0) is 0 Å². The van der Waals surface area contributed by atoms with E-state index in [0.29, 0.717) is 5.46 Å². The van der Waals surface area contributed by atoms with Gasteiger partial charge in [-0.25, -0.2) is 4.98 Å². The number of fused-ring (bicyclic) bond motifs is 1. The van der Waals surface area contributed by atoms with Crippen molar-refractivity contribution in [1.82, 2.24) is 9.36 Å².